The molecular formula is C14H27NO2. The van der Waals surface area contributed by atoms with Crippen LogP contribution in [0.4, 0.5) is 0 Å². The summed E-state index contributed by atoms with van der Waals surface area (Å²) in [5.74, 6) is 0.798. The molecule has 1 heterocycles. The zero-order chi connectivity index (χ0) is 12.3. The molecule has 0 radical (unpaired) electrons. The summed E-state index contributed by atoms with van der Waals surface area (Å²) in [6.45, 7) is 10.1. The summed E-state index contributed by atoms with van der Waals surface area (Å²) in [4.78, 5) is 0. The molecule has 2 rings (SSSR count). The molecule has 2 aliphatic rings. The van der Waals surface area contributed by atoms with Gasteiger partial charge in [0.15, 0.2) is 0 Å². The first-order valence-corrected chi connectivity index (χ1v) is 7.10. The molecule has 1 aliphatic heterocycles. The molecule has 0 aromatic rings. The van der Waals surface area contributed by atoms with Crippen molar-refractivity contribution in [1.82, 2.24) is 5.32 Å². The second-order valence-electron chi connectivity index (χ2n) is 5.91. The summed E-state index contributed by atoms with van der Waals surface area (Å²) in [6.07, 6.45) is 4.27. The molecule has 3 heteroatoms. The molecule has 0 amide bonds. The third-order valence-electron chi connectivity index (χ3n) is 4.01. The minimum Gasteiger partial charge on any atom is -0.381 e. The van der Waals surface area contributed by atoms with E-state index in [0.29, 0.717) is 12.1 Å². The van der Waals surface area contributed by atoms with Crippen molar-refractivity contribution in [3.8, 4) is 0 Å². The van der Waals surface area contributed by atoms with Crippen molar-refractivity contribution in [2.75, 3.05) is 26.4 Å². The van der Waals surface area contributed by atoms with Crippen LogP contribution in [0.2, 0.25) is 0 Å². The molecule has 1 N–H and O–H groups in total. The fraction of sp³-hybridized carbons (Fsp3) is 1.00. The van der Waals surface area contributed by atoms with E-state index in [-0.39, 0.29) is 5.41 Å². The van der Waals surface area contributed by atoms with Crippen molar-refractivity contribution in [2.24, 2.45) is 11.3 Å². The van der Waals surface area contributed by atoms with Crippen LogP contribution in [0.1, 0.15) is 40.0 Å². The van der Waals surface area contributed by atoms with Gasteiger partial charge in [0.25, 0.3) is 0 Å². The Hall–Kier alpha value is -0.120. The van der Waals surface area contributed by atoms with Crippen LogP contribution in [-0.2, 0) is 9.47 Å². The highest BCUT2D eigenvalue weighted by molar-refractivity contribution is 5.00. The number of ether oxygens (including phenoxy) is 2. The predicted octanol–water partition coefficient (Wildman–Crippen LogP) is 2.21. The molecule has 1 saturated carbocycles. The maximum atomic E-state index is 6.00. The lowest BCUT2D eigenvalue weighted by Gasteiger charge is -2.35. The Kier molecular flexibility index (Phi) is 4.45. The van der Waals surface area contributed by atoms with Crippen LogP contribution in [0.25, 0.3) is 0 Å². The fourth-order valence-electron chi connectivity index (χ4n) is 2.85. The van der Waals surface area contributed by atoms with E-state index in [0.717, 1.165) is 38.7 Å². The molecule has 17 heavy (non-hydrogen) atoms. The smallest absolute Gasteiger partial charge is 0.0694 e. The van der Waals surface area contributed by atoms with Gasteiger partial charge >= 0.3 is 0 Å². The van der Waals surface area contributed by atoms with Gasteiger partial charge in [-0.1, -0.05) is 13.8 Å². The Morgan fingerprint density at radius 2 is 2.18 bits per heavy atom. The summed E-state index contributed by atoms with van der Waals surface area (Å²) < 4.78 is 11.7. The van der Waals surface area contributed by atoms with E-state index in [2.05, 4.69) is 26.1 Å². The predicted molar refractivity (Wildman–Crippen MR) is 69.1 cm³/mol. The molecule has 0 aromatic carbocycles. The molecule has 0 aromatic heterocycles. The lowest BCUT2D eigenvalue weighted by atomic mass is 9.79. The average molecular weight is 241 g/mol. The van der Waals surface area contributed by atoms with Gasteiger partial charge in [-0.15, -0.1) is 0 Å². The molecule has 0 bridgehead atoms. The largest absolute Gasteiger partial charge is 0.381 e. The molecule has 1 saturated heterocycles. The zero-order valence-corrected chi connectivity index (χ0v) is 11.5. The van der Waals surface area contributed by atoms with Gasteiger partial charge in [0, 0.05) is 31.2 Å². The van der Waals surface area contributed by atoms with Gasteiger partial charge < -0.3 is 14.8 Å². The van der Waals surface area contributed by atoms with Crippen LogP contribution >= 0.6 is 0 Å². The fourth-order valence-corrected chi connectivity index (χ4v) is 2.85. The third kappa shape index (κ3) is 3.21. The van der Waals surface area contributed by atoms with Crippen LogP contribution in [0, 0.1) is 11.3 Å². The van der Waals surface area contributed by atoms with E-state index in [1.807, 2.05) is 0 Å². The molecule has 2 unspecified atom stereocenters. The Balaban J connectivity index is 1.99. The highest BCUT2D eigenvalue weighted by atomic mass is 16.5. The minimum atomic E-state index is 0.224. The van der Waals surface area contributed by atoms with Gasteiger partial charge in [0.2, 0.25) is 0 Å². The monoisotopic (exact) mass is 241 g/mol. The molecule has 0 spiro atoms. The summed E-state index contributed by atoms with van der Waals surface area (Å²) in [6, 6.07) is 0.536. The highest BCUT2D eigenvalue weighted by Crippen LogP contribution is 2.47. The van der Waals surface area contributed by atoms with E-state index in [1.54, 1.807) is 0 Å². The number of nitrogens with one attached hydrogen (secondary N) is 1. The van der Waals surface area contributed by atoms with Crippen LogP contribution < -0.4 is 5.32 Å². The quantitative estimate of drug-likeness (QED) is 0.741. The standard InChI is InChI=1S/C14H27NO2/c1-4-16-10-14(9-15-11(2)3)7-8-17-13(14)12-5-6-12/h11-13,15H,4-10H2,1-3H3. The Bertz CT molecular complexity index is 240. The van der Waals surface area contributed by atoms with Gasteiger partial charge in [-0.25, -0.2) is 0 Å². The van der Waals surface area contributed by atoms with Crippen LogP contribution in [0.5, 0.6) is 0 Å². The first-order valence-electron chi connectivity index (χ1n) is 7.10. The van der Waals surface area contributed by atoms with Crippen LogP contribution in [-0.4, -0.2) is 38.5 Å². The van der Waals surface area contributed by atoms with Gasteiger partial charge in [-0.05, 0) is 32.1 Å². The zero-order valence-electron chi connectivity index (χ0n) is 11.5. The Morgan fingerprint density at radius 3 is 2.76 bits per heavy atom. The molecule has 2 atom stereocenters. The summed E-state index contributed by atoms with van der Waals surface area (Å²) in [7, 11) is 0. The molecule has 100 valence electrons. The molecule has 3 nitrogen and oxygen atoms in total. The van der Waals surface area contributed by atoms with Crippen molar-refractivity contribution in [2.45, 2.75) is 52.2 Å². The van der Waals surface area contributed by atoms with E-state index in [9.17, 15) is 0 Å². The maximum Gasteiger partial charge on any atom is 0.0694 e. The Morgan fingerprint density at radius 1 is 1.41 bits per heavy atom. The third-order valence-corrected chi connectivity index (χ3v) is 4.01. The first-order chi connectivity index (χ1) is 8.18. The van der Waals surface area contributed by atoms with E-state index < -0.39 is 0 Å². The normalized spacial score (nSPS) is 33.5. The number of rotatable bonds is 7. The lowest BCUT2D eigenvalue weighted by molar-refractivity contribution is -0.0229. The van der Waals surface area contributed by atoms with Crippen molar-refractivity contribution >= 4 is 0 Å². The summed E-state index contributed by atoms with van der Waals surface area (Å²) >= 11 is 0. The van der Waals surface area contributed by atoms with Crippen LogP contribution in [0.15, 0.2) is 0 Å². The van der Waals surface area contributed by atoms with E-state index >= 15 is 0 Å². The second kappa shape index (κ2) is 5.68. The van der Waals surface area contributed by atoms with E-state index in [1.165, 1.54) is 12.8 Å². The van der Waals surface area contributed by atoms with Crippen molar-refractivity contribution in [3.05, 3.63) is 0 Å². The Labute approximate surface area is 105 Å². The highest BCUT2D eigenvalue weighted by Gasteiger charge is 2.50. The van der Waals surface area contributed by atoms with Crippen molar-refractivity contribution in [3.63, 3.8) is 0 Å². The summed E-state index contributed by atoms with van der Waals surface area (Å²) in [5, 5.41) is 3.59. The number of hydrogen-bond acceptors (Lipinski definition) is 3. The first kappa shape index (κ1) is 13.3. The molecule has 1 aliphatic carbocycles. The van der Waals surface area contributed by atoms with Crippen molar-refractivity contribution < 1.29 is 9.47 Å². The van der Waals surface area contributed by atoms with Gasteiger partial charge in [0.1, 0.15) is 0 Å². The molecular weight excluding hydrogens is 214 g/mol. The van der Waals surface area contributed by atoms with Crippen LogP contribution in [0.3, 0.4) is 0 Å². The topological polar surface area (TPSA) is 30.5 Å². The SMILES string of the molecule is CCOCC1(CNC(C)C)CCOC1C1CC1. The van der Waals surface area contributed by atoms with Gasteiger partial charge in [-0.2, -0.15) is 0 Å². The summed E-state index contributed by atoms with van der Waals surface area (Å²) in [5.41, 5.74) is 0.224. The van der Waals surface area contributed by atoms with Gasteiger partial charge in [0.05, 0.1) is 12.7 Å². The maximum absolute atomic E-state index is 6.00. The lowest BCUT2D eigenvalue weighted by Crippen LogP contribution is -2.47. The average Bonchev–Trinajstić information content (AvgIpc) is 3.06. The van der Waals surface area contributed by atoms with Gasteiger partial charge in [-0.3, -0.25) is 0 Å². The molecule has 2 fully saturated rings. The van der Waals surface area contributed by atoms with Crippen molar-refractivity contribution in [1.29, 1.82) is 0 Å². The van der Waals surface area contributed by atoms with E-state index in [4.69, 9.17) is 9.47 Å². The minimum absolute atomic E-state index is 0.224. The second-order valence-corrected chi connectivity index (χ2v) is 5.91. The number of hydrogen-bond donors (Lipinski definition) is 1.